The minimum Gasteiger partial charge on any atom is -0.454 e. The molecule has 1 N–H and O–H groups in total. The van der Waals surface area contributed by atoms with Crippen molar-refractivity contribution < 1.29 is 57.0 Å². The number of halogens is 3. The Morgan fingerprint density at radius 3 is 1.59 bits per heavy atom. The molecule has 2 saturated heterocycles. The van der Waals surface area contributed by atoms with E-state index in [1.807, 2.05) is 20.8 Å². The van der Waals surface area contributed by atoms with Crippen molar-refractivity contribution in [3.63, 3.8) is 0 Å². The van der Waals surface area contributed by atoms with Crippen LogP contribution in [0.5, 0.6) is 0 Å². The highest BCUT2D eigenvalue weighted by molar-refractivity contribution is 6.76. The average Bonchev–Trinajstić information content (AvgIpc) is 3.01. The molecule has 0 radical (unpaired) electrons. The Morgan fingerprint density at radius 1 is 0.653 bits per heavy atom. The summed E-state index contributed by atoms with van der Waals surface area (Å²) in [6, 6.07) is 0. The fourth-order valence-electron chi connectivity index (χ4n) is 5.32. The molecule has 49 heavy (non-hydrogen) atoms. The lowest BCUT2D eigenvalue weighted by atomic mass is 9.96. The van der Waals surface area contributed by atoms with E-state index in [2.05, 4.69) is 0 Å². The zero-order valence-electron chi connectivity index (χ0n) is 29.6. The Hall–Kier alpha value is -1.29. The first-order valence-corrected chi connectivity index (χ1v) is 18.3. The molecule has 13 nitrogen and oxygen atoms in total. The molecule has 2 aliphatic heterocycles. The van der Waals surface area contributed by atoms with E-state index in [-0.39, 0.29) is 18.6 Å². The van der Waals surface area contributed by atoms with Crippen LogP contribution in [0.1, 0.15) is 99.8 Å². The normalized spacial score (nSPS) is 30.4. The Kier molecular flexibility index (Phi) is 19.6. The van der Waals surface area contributed by atoms with Gasteiger partial charge in [0.15, 0.2) is 18.5 Å². The number of nitrogens with one attached hydrogen (secondary N) is 1. The van der Waals surface area contributed by atoms with E-state index in [0.717, 1.165) is 32.1 Å². The minimum atomic E-state index is -2.24. The van der Waals surface area contributed by atoms with Gasteiger partial charge in [0.2, 0.25) is 12.2 Å². The van der Waals surface area contributed by atoms with Crippen LogP contribution in [-0.2, 0) is 57.0 Å². The number of ketones is 1. The van der Waals surface area contributed by atoms with Crippen molar-refractivity contribution in [1.29, 1.82) is 5.41 Å². The third-order valence-corrected chi connectivity index (χ3v) is 8.43. The first-order chi connectivity index (χ1) is 23.1. The summed E-state index contributed by atoms with van der Waals surface area (Å²) in [4.78, 5) is 37.3. The Balaban J connectivity index is 2.61. The molecule has 0 spiro atoms. The molecule has 10 atom stereocenters. The third-order valence-electron chi connectivity index (χ3n) is 7.91. The summed E-state index contributed by atoms with van der Waals surface area (Å²) >= 11 is 17.7. The number of Topliss-reactive ketones (excluding diaryl/α,β-unsaturated/α-hetero) is 1. The van der Waals surface area contributed by atoms with Crippen molar-refractivity contribution in [2.24, 2.45) is 0 Å². The number of rotatable bonds is 20. The standard InChI is InChI=1S/C33H54Cl3NO12/c1-8-11-16-41-24-20(5)44-30(28(26(24)43-18-13-10-3)47-23(40)15-14-19(4)38)48-27-25(42-17-12-9-2)21(6)45-31(29(27)46-22(7)39)49-32(37)33(34,35)36/h20-21,24-31,37H,8-18H2,1-7H3/t20?,21?,24-,25-,26?,27?,28-,29-,30-,31-/m0/s1. The fourth-order valence-corrected chi connectivity index (χ4v) is 5.45. The lowest BCUT2D eigenvalue weighted by Gasteiger charge is -2.49. The van der Waals surface area contributed by atoms with Crippen molar-refractivity contribution in [3.8, 4) is 0 Å². The highest BCUT2D eigenvalue weighted by Gasteiger charge is 2.55. The number of unbranched alkanes of at least 4 members (excludes halogenated alkanes) is 3. The average molecular weight is 763 g/mol. The van der Waals surface area contributed by atoms with Gasteiger partial charge >= 0.3 is 11.9 Å². The van der Waals surface area contributed by atoms with E-state index in [9.17, 15) is 14.4 Å². The summed E-state index contributed by atoms with van der Waals surface area (Å²) in [7, 11) is 0. The maximum Gasteiger partial charge on any atom is 0.306 e. The van der Waals surface area contributed by atoms with Gasteiger partial charge < -0.3 is 47.4 Å². The van der Waals surface area contributed by atoms with E-state index in [4.69, 9.17) is 82.8 Å². The van der Waals surface area contributed by atoms with Gasteiger partial charge in [0.25, 0.3) is 3.79 Å². The largest absolute Gasteiger partial charge is 0.454 e. The van der Waals surface area contributed by atoms with Gasteiger partial charge in [0.05, 0.1) is 18.6 Å². The maximum absolute atomic E-state index is 13.2. The van der Waals surface area contributed by atoms with Crippen LogP contribution in [0.4, 0.5) is 0 Å². The second-order valence-electron chi connectivity index (χ2n) is 12.3. The van der Waals surface area contributed by atoms with E-state index >= 15 is 0 Å². The monoisotopic (exact) mass is 761 g/mol. The van der Waals surface area contributed by atoms with Crippen LogP contribution in [0.3, 0.4) is 0 Å². The predicted molar refractivity (Wildman–Crippen MR) is 182 cm³/mol. The molecule has 2 fully saturated rings. The molecule has 4 unspecified atom stereocenters. The molecule has 16 heteroatoms. The van der Waals surface area contributed by atoms with Gasteiger partial charge in [-0.05, 0) is 40.0 Å². The van der Waals surface area contributed by atoms with Crippen LogP contribution in [0.2, 0.25) is 0 Å². The zero-order valence-corrected chi connectivity index (χ0v) is 31.9. The number of carbonyl (C=O) groups is 3. The molecular weight excluding hydrogens is 709 g/mol. The van der Waals surface area contributed by atoms with Gasteiger partial charge in [-0.1, -0.05) is 74.8 Å². The molecule has 0 aliphatic carbocycles. The lowest BCUT2D eigenvalue weighted by Crippen LogP contribution is -2.66. The SMILES string of the molecule is CCCCOC1[C@@H](OCCCC)C(C)O[C@@H](OC2[C@@H](OCCCC)C(C)O[C@@H](OC(=N)C(Cl)(Cl)Cl)[C@H]2OC(C)=O)[C@H]1OC(=O)CCC(C)=O. The van der Waals surface area contributed by atoms with Gasteiger partial charge in [-0.15, -0.1) is 0 Å². The third kappa shape index (κ3) is 14.3. The van der Waals surface area contributed by atoms with E-state index in [1.54, 1.807) is 13.8 Å². The van der Waals surface area contributed by atoms with Gasteiger partial charge in [-0.2, -0.15) is 0 Å². The van der Waals surface area contributed by atoms with Gasteiger partial charge in [0.1, 0.15) is 30.2 Å². The van der Waals surface area contributed by atoms with Crippen LogP contribution in [0.15, 0.2) is 0 Å². The van der Waals surface area contributed by atoms with Crippen LogP contribution in [0, 0.1) is 5.41 Å². The number of alkyl halides is 3. The van der Waals surface area contributed by atoms with Crippen molar-refractivity contribution in [2.75, 3.05) is 19.8 Å². The summed E-state index contributed by atoms with van der Waals surface area (Å²) in [6.45, 7) is 13.2. The summed E-state index contributed by atoms with van der Waals surface area (Å²) < 4.78 is 52.9. The predicted octanol–water partition coefficient (Wildman–Crippen LogP) is 5.99. The zero-order chi connectivity index (χ0) is 36.7. The quantitative estimate of drug-likeness (QED) is 0.0509. The van der Waals surface area contributed by atoms with Crippen molar-refractivity contribution in [2.45, 2.75) is 165 Å². The first-order valence-electron chi connectivity index (χ1n) is 17.1. The topological polar surface area (TPSA) is 158 Å². The number of carbonyl (C=O) groups excluding carboxylic acids is 3. The molecule has 2 rings (SSSR count). The van der Waals surface area contributed by atoms with Crippen LogP contribution in [0.25, 0.3) is 0 Å². The molecule has 0 saturated carbocycles. The minimum absolute atomic E-state index is 0.0142. The summed E-state index contributed by atoms with van der Waals surface area (Å²) in [6.07, 6.45) is -5.48. The second kappa shape index (κ2) is 21.9. The molecule has 0 bridgehead atoms. The lowest BCUT2D eigenvalue weighted by molar-refractivity contribution is -0.357. The number of hydrogen-bond donors (Lipinski definition) is 1. The van der Waals surface area contributed by atoms with Gasteiger partial charge in [-0.25, -0.2) is 0 Å². The summed E-state index contributed by atoms with van der Waals surface area (Å²) in [5, 5.41) is 8.18. The van der Waals surface area contributed by atoms with Crippen molar-refractivity contribution in [3.05, 3.63) is 0 Å². The fraction of sp³-hybridized carbons (Fsp3) is 0.879. The Labute approximate surface area is 305 Å². The maximum atomic E-state index is 13.2. The number of hydrogen-bond acceptors (Lipinski definition) is 13. The smallest absolute Gasteiger partial charge is 0.306 e. The first kappa shape index (κ1) is 43.9. The van der Waals surface area contributed by atoms with Crippen LogP contribution < -0.4 is 0 Å². The molecule has 0 aromatic heterocycles. The molecule has 2 aliphatic rings. The number of esters is 2. The molecule has 0 aromatic carbocycles. The Morgan fingerprint density at radius 2 is 1.12 bits per heavy atom. The Bertz CT molecular complexity index is 1050. The van der Waals surface area contributed by atoms with Crippen LogP contribution >= 0.6 is 34.8 Å². The highest BCUT2D eigenvalue weighted by Crippen LogP contribution is 2.37. The van der Waals surface area contributed by atoms with Gasteiger partial charge in [-0.3, -0.25) is 15.0 Å². The molecule has 0 amide bonds. The molecule has 2 heterocycles. The van der Waals surface area contributed by atoms with Gasteiger partial charge in [0, 0.05) is 33.2 Å². The molecular formula is C33H54Cl3NO12. The van der Waals surface area contributed by atoms with E-state index < -0.39 is 83.0 Å². The van der Waals surface area contributed by atoms with E-state index in [1.165, 1.54) is 13.8 Å². The van der Waals surface area contributed by atoms with Crippen molar-refractivity contribution in [1.82, 2.24) is 0 Å². The van der Waals surface area contributed by atoms with Crippen molar-refractivity contribution >= 4 is 58.4 Å². The highest BCUT2D eigenvalue weighted by atomic mass is 35.6. The van der Waals surface area contributed by atoms with Crippen LogP contribution in [-0.4, -0.2) is 109 Å². The molecule has 284 valence electrons. The van der Waals surface area contributed by atoms with E-state index in [0.29, 0.717) is 26.2 Å². The second-order valence-corrected chi connectivity index (χ2v) is 14.5. The number of ether oxygens (including phenoxy) is 9. The summed E-state index contributed by atoms with van der Waals surface area (Å²) in [5.74, 6) is -2.32. The summed E-state index contributed by atoms with van der Waals surface area (Å²) in [5.41, 5.74) is 0. The molecule has 0 aromatic rings.